The topological polar surface area (TPSA) is 69.7 Å². The second-order valence-corrected chi connectivity index (χ2v) is 9.41. The number of nitrogens with one attached hydrogen (secondary N) is 1. The van der Waals surface area contributed by atoms with Crippen LogP contribution in [0, 0.1) is 0 Å². The molecule has 0 aromatic heterocycles. The molecule has 154 valence electrons. The van der Waals surface area contributed by atoms with Gasteiger partial charge in [-0.1, -0.05) is 12.1 Å². The van der Waals surface area contributed by atoms with Gasteiger partial charge in [-0.2, -0.15) is 0 Å². The van der Waals surface area contributed by atoms with Crippen LogP contribution in [-0.2, 0) is 16.4 Å². The molecule has 9 heteroatoms. The van der Waals surface area contributed by atoms with Crippen molar-refractivity contribution in [3.05, 3.63) is 35.4 Å². The van der Waals surface area contributed by atoms with Crippen LogP contribution in [-0.4, -0.2) is 73.9 Å². The van der Waals surface area contributed by atoms with E-state index in [4.69, 9.17) is 0 Å². The summed E-state index contributed by atoms with van der Waals surface area (Å²) >= 11 is 0. The van der Waals surface area contributed by atoms with E-state index in [2.05, 4.69) is 24.1 Å². The molecule has 1 amide bonds. The van der Waals surface area contributed by atoms with Crippen LogP contribution in [0.15, 0.2) is 24.3 Å². The molecule has 0 aliphatic carbocycles. The quantitative estimate of drug-likeness (QED) is 0.776. The lowest BCUT2D eigenvalue weighted by Crippen LogP contribution is -2.57. The van der Waals surface area contributed by atoms with Gasteiger partial charge in [-0.05, 0) is 31.5 Å². The number of rotatable bonds is 3. The van der Waals surface area contributed by atoms with Crippen LogP contribution in [0.3, 0.4) is 0 Å². The van der Waals surface area contributed by atoms with Gasteiger partial charge in [0, 0.05) is 50.4 Å². The Morgan fingerprint density at radius 2 is 1.81 bits per heavy atom. The first-order valence-electron chi connectivity index (χ1n) is 8.92. The maximum atomic E-state index is 12.9. The second-order valence-electron chi connectivity index (χ2n) is 7.11. The first kappa shape index (κ1) is 24.2. The third kappa shape index (κ3) is 6.06. The van der Waals surface area contributed by atoms with Crippen LogP contribution in [0.5, 0.6) is 0 Å². The fourth-order valence-electron chi connectivity index (χ4n) is 3.48. The average molecular weight is 438 g/mol. The van der Waals surface area contributed by atoms with E-state index >= 15 is 0 Å². The van der Waals surface area contributed by atoms with Crippen molar-refractivity contribution in [2.45, 2.75) is 32.5 Å². The predicted molar refractivity (Wildman–Crippen MR) is 113 cm³/mol. The fourth-order valence-corrected chi connectivity index (χ4v) is 4.76. The molecule has 2 aliphatic heterocycles. The lowest BCUT2D eigenvalue weighted by molar-refractivity contribution is 0.0602. The Hall–Kier alpha value is -0.860. The van der Waals surface area contributed by atoms with E-state index in [1.54, 1.807) is 0 Å². The zero-order valence-corrected chi connectivity index (χ0v) is 18.2. The van der Waals surface area contributed by atoms with Crippen molar-refractivity contribution in [2.24, 2.45) is 0 Å². The number of carbonyl (C=O) groups is 1. The van der Waals surface area contributed by atoms with Crippen LogP contribution >= 0.6 is 24.8 Å². The number of piperazine rings is 1. The Balaban J connectivity index is 0.00000182. The van der Waals surface area contributed by atoms with E-state index in [1.807, 2.05) is 29.2 Å². The minimum Gasteiger partial charge on any atom is -0.333 e. The zero-order valence-electron chi connectivity index (χ0n) is 15.8. The van der Waals surface area contributed by atoms with Gasteiger partial charge in [-0.15, -0.1) is 24.8 Å². The summed E-state index contributed by atoms with van der Waals surface area (Å²) in [5, 5.41) is 3.39. The average Bonchev–Trinajstić information content (AvgIpc) is 2.59. The van der Waals surface area contributed by atoms with Crippen molar-refractivity contribution < 1.29 is 13.2 Å². The summed E-state index contributed by atoms with van der Waals surface area (Å²) in [5.74, 6) is 0.521. The summed E-state index contributed by atoms with van der Waals surface area (Å²) in [6, 6.07) is 8.19. The Labute approximate surface area is 174 Å². The van der Waals surface area contributed by atoms with Crippen LogP contribution in [0.2, 0.25) is 0 Å². The predicted octanol–water partition coefficient (Wildman–Crippen LogP) is 1.58. The Morgan fingerprint density at radius 3 is 2.48 bits per heavy atom. The number of halogens is 2. The molecular weight excluding hydrogens is 409 g/mol. The molecule has 0 spiro atoms. The number of hydrogen-bond donors (Lipinski definition) is 1. The van der Waals surface area contributed by atoms with Crippen LogP contribution in [0.25, 0.3) is 0 Å². The highest BCUT2D eigenvalue weighted by atomic mass is 35.5. The molecule has 0 radical (unpaired) electrons. The molecular formula is C18H29Cl2N3O3S. The molecule has 2 saturated heterocycles. The molecule has 2 atom stereocenters. The molecule has 2 fully saturated rings. The van der Waals surface area contributed by atoms with Crippen molar-refractivity contribution in [1.29, 1.82) is 0 Å². The molecule has 1 aromatic carbocycles. The fraction of sp³-hybridized carbons (Fsp3) is 0.611. The van der Waals surface area contributed by atoms with E-state index in [-0.39, 0.29) is 54.3 Å². The van der Waals surface area contributed by atoms with Crippen molar-refractivity contribution in [3.8, 4) is 0 Å². The Bertz CT molecular complexity index is 731. The number of hydrogen-bond acceptors (Lipinski definition) is 5. The molecule has 6 nitrogen and oxygen atoms in total. The lowest BCUT2D eigenvalue weighted by Gasteiger charge is -2.38. The van der Waals surface area contributed by atoms with Crippen molar-refractivity contribution in [3.63, 3.8) is 0 Å². The van der Waals surface area contributed by atoms with Gasteiger partial charge in [0.1, 0.15) is 0 Å². The van der Waals surface area contributed by atoms with Crippen LogP contribution in [0.1, 0.15) is 29.8 Å². The molecule has 2 unspecified atom stereocenters. The smallest absolute Gasteiger partial charge is 0.254 e. The lowest BCUT2D eigenvalue weighted by atomic mass is 10.0. The molecule has 3 rings (SSSR count). The summed E-state index contributed by atoms with van der Waals surface area (Å²) in [6.07, 6.45) is 0. The number of nitrogens with zero attached hydrogens (tertiary/aromatic N) is 2. The number of benzene rings is 1. The summed E-state index contributed by atoms with van der Waals surface area (Å²) < 4.78 is 23.1. The van der Waals surface area contributed by atoms with Crippen LogP contribution in [0.4, 0.5) is 0 Å². The van der Waals surface area contributed by atoms with Gasteiger partial charge in [0.25, 0.3) is 5.91 Å². The minimum atomic E-state index is -2.86. The number of carbonyl (C=O) groups excluding carboxylic acids is 1. The maximum absolute atomic E-state index is 12.9. The van der Waals surface area contributed by atoms with Gasteiger partial charge in [0.15, 0.2) is 9.84 Å². The van der Waals surface area contributed by atoms with Crippen LogP contribution < -0.4 is 5.32 Å². The molecule has 2 aliphatic rings. The van der Waals surface area contributed by atoms with Gasteiger partial charge in [0.05, 0.1) is 11.5 Å². The number of amides is 1. The number of sulfone groups is 1. The van der Waals surface area contributed by atoms with E-state index in [9.17, 15) is 13.2 Å². The molecule has 1 aromatic rings. The summed E-state index contributed by atoms with van der Waals surface area (Å²) in [7, 11) is -2.86. The first-order chi connectivity index (χ1) is 11.9. The Kier molecular flexibility index (Phi) is 9.02. The third-order valence-electron chi connectivity index (χ3n) is 5.31. The normalized spacial score (nSPS) is 25.2. The van der Waals surface area contributed by atoms with E-state index in [1.165, 1.54) is 0 Å². The highest BCUT2D eigenvalue weighted by molar-refractivity contribution is 7.91. The molecule has 0 saturated carbocycles. The third-order valence-corrected chi connectivity index (χ3v) is 6.92. The first-order valence-corrected chi connectivity index (χ1v) is 10.7. The monoisotopic (exact) mass is 437 g/mol. The SMILES string of the molecule is CC1NCCN(C(=O)c2cccc(CN3CCS(=O)(=O)CC3)c2)C1C.Cl.Cl. The maximum Gasteiger partial charge on any atom is 0.254 e. The summed E-state index contributed by atoms with van der Waals surface area (Å²) in [5.41, 5.74) is 1.77. The molecule has 2 heterocycles. The zero-order chi connectivity index (χ0) is 18.0. The largest absolute Gasteiger partial charge is 0.333 e. The van der Waals surface area contributed by atoms with E-state index in [0.717, 1.165) is 18.7 Å². The van der Waals surface area contributed by atoms with E-state index < -0.39 is 9.84 Å². The van der Waals surface area contributed by atoms with Gasteiger partial charge in [-0.3, -0.25) is 9.69 Å². The van der Waals surface area contributed by atoms with Gasteiger partial charge < -0.3 is 10.2 Å². The van der Waals surface area contributed by atoms with Gasteiger partial charge in [-0.25, -0.2) is 8.42 Å². The standard InChI is InChI=1S/C18H27N3O3S.2ClH/c1-14-15(2)21(7-6-19-14)18(22)17-5-3-4-16(12-17)13-20-8-10-25(23,24)11-9-20;;/h3-5,12,14-15,19H,6-11,13H2,1-2H3;2*1H. The highest BCUT2D eigenvalue weighted by Crippen LogP contribution is 2.16. The molecule has 0 bridgehead atoms. The summed E-state index contributed by atoms with van der Waals surface area (Å²) in [4.78, 5) is 17.0. The van der Waals surface area contributed by atoms with Gasteiger partial charge >= 0.3 is 0 Å². The summed E-state index contributed by atoms with van der Waals surface area (Å²) in [6.45, 7) is 7.53. The van der Waals surface area contributed by atoms with Crippen molar-refractivity contribution in [2.75, 3.05) is 37.7 Å². The molecule has 27 heavy (non-hydrogen) atoms. The Morgan fingerprint density at radius 1 is 1.15 bits per heavy atom. The minimum absolute atomic E-state index is 0. The van der Waals surface area contributed by atoms with Crippen molar-refractivity contribution >= 4 is 40.6 Å². The molecule has 1 N–H and O–H groups in total. The van der Waals surface area contributed by atoms with Crippen molar-refractivity contribution in [1.82, 2.24) is 15.1 Å². The van der Waals surface area contributed by atoms with E-state index in [0.29, 0.717) is 25.2 Å². The second kappa shape index (κ2) is 10.1. The van der Waals surface area contributed by atoms with Gasteiger partial charge in [0.2, 0.25) is 0 Å². The highest BCUT2D eigenvalue weighted by Gasteiger charge is 2.29.